The molecule has 0 unspecified atom stereocenters. The van der Waals surface area contributed by atoms with Gasteiger partial charge in [0.05, 0.1) is 0 Å². The molecule has 0 fully saturated rings. The molecule has 0 saturated heterocycles. The predicted octanol–water partition coefficient (Wildman–Crippen LogP) is 11.9. The maximum atomic E-state index is 6.14. The number of hydrogen-bond acceptors (Lipinski definition) is 4. The van der Waals surface area contributed by atoms with Crippen LogP contribution in [0.4, 0.5) is 0 Å². The van der Waals surface area contributed by atoms with E-state index in [0.29, 0.717) is 17.5 Å². The second-order valence-corrected chi connectivity index (χ2v) is 12.4. The Hall–Kier alpha value is -6.65. The summed E-state index contributed by atoms with van der Waals surface area (Å²) in [6.07, 6.45) is 0. The molecule has 0 aliphatic rings. The largest absolute Gasteiger partial charge is 0.456 e. The highest BCUT2D eigenvalue weighted by molar-refractivity contribution is 6.13. The van der Waals surface area contributed by atoms with Gasteiger partial charge in [-0.25, -0.2) is 15.0 Å². The van der Waals surface area contributed by atoms with Crippen molar-refractivity contribution in [3.8, 4) is 45.3 Å². The van der Waals surface area contributed by atoms with Gasteiger partial charge in [0.1, 0.15) is 11.2 Å². The highest BCUT2D eigenvalue weighted by atomic mass is 16.3. The number of para-hydroxylation sites is 1. The minimum absolute atomic E-state index is 0.615. The molecule has 0 aliphatic heterocycles. The molecule has 0 atom stereocenters. The van der Waals surface area contributed by atoms with Crippen LogP contribution in [0.25, 0.3) is 99.5 Å². The van der Waals surface area contributed by atoms with Crippen LogP contribution in [0.15, 0.2) is 168 Å². The van der Waals surface area contributed by atoms with Crippen LogP contribution < -0.4 is 0 Å². The molecule has 0 bridgehead atoms. The Kier molecular flexibility index (Phi) is 6.15. The molecular formula is C45H27N3O. The summed E-state index contributed by atoms with van der Waals surface area (Å²) >= 11 is 0. The molecule has 2 heterocycles. The van der Waals surface area contributed by atoms with Crippen molar-refractivity contribution in [2.75, 3.05) is 0 Å². The standard InChI is InChI=1S/C45H27N3O/c1-2-10-28(11-3-1)29-18-19-31-25-33(21-20-30(31)24-29)43-46-44(34-22-23-42-39(27-34)38-16-8-9-17-41(38)49-42)48-45(47-43)40-26-32-12-4-5-13-35(32)36-14-6-7-15-37(36)40/h1-27H. The average Bonchev–Trinajstić information content (AvgIpc) is 3.55. The fraction of sp³-hybridized carbons (Fsp3) is 0. The van der Waals surface area contributed by atoms with Crippen LogP contribution in [0.3, 0.4) is 0 Å². The lowest BCUT2D eigenvalue weighted by atomic mass is 9.96. The molecule has 0 amide bonds. The molecule has 49 heavy (non-hydrogen) atoms. The summed E-state index contributed by atoms with van der Waals surface area (Å²) in [4.78, 5) is 15.5. The summed E-state index contributed by atoms with van der Waals surface area (Å²) in [5, 5.41) is 9.02. The maximum Gasteiger partial charge on any atom is 0.164 e. The van der Waals surface area contributed by atoms with Crippen molar-refractivity contribution in [3.63, 3.8) is 0 Å². The van der Waals surface area contributed by atoms with Gasteiger partial charge < -0.3 is 4.42 Å². The zero-order valence-electron chi connectivity index (χ0n) is 26.3. The Balaban J connectivity index is 1.19. The van der Waals surface area contributed by atoms with Crippen LogP contribution in [0.2, 0.25) is 0 Å². The van der Waals surface area contributed by atoms with Crippen LogP contribution in [-0.2, 0) is 0 Å². The highest BCUT2D eigenvalue weighted by Gasteiger charge is 2.17. The van der Waals surface area contributed by atoms with Gasteiger partial charge in [0.2, 0.25) is 0 Å². The molecule has 4 nitrogen and oxygen atoms in total. The van der Waals surface area contributed by atoms with Crippen LogP contribution in [0.5, 0.6) is 0 Å². The van der Waals surface area contributed by atoms with E-state index in [1.807, 2.05) is 36.4 Å². The van der Waals surface area contributed by atoms with Gasteiger partial charge in [0.15, 0.2) is 17.5 Å². The molecule has 228 valence electrons. The van der Waals surface area contributed by atoms with Crippen LogP contribution in [0, 0.1) is 0 Å². The predicted molar refractivity (Wildman–Crippen MR) is 201 cm³/mol. The van der Waals surface area contributed by atoms with Gasteiger partial charge in [0, 0.05) is 27.5 Å². The summed E-state index contributed by atoms with van der Waals surface area (Å²) in [7, 11) is 0. The topological polar surface area (TPSA) is 51.8 Å². The van der Waals surface area contributed by atoms with Crippen molar-refractivity contribution in [2.24, 2.45) is 0 Å². The number of nitrogens with zero attached hydrogens (tertiary/aromatic N) is 3. The Morgan fingerprint density at radius 3 is 1.69 bits per heavy atom. The Morgan fingerprint density at radius 2 is 0.878 bits per heavy atom. The zero-order valence-corrected chi connectivity index (χ0v) is 26.3. The molecule has 0 N–H and O–H groups in total. The van der Waals surface area contributed by atoms with Crippen molar-refractivity contribution in [1.82, 2.24) is 15.0 Å². The third-order valence-electron chi connectivity index (χ3n) is 9.48. The minimum atomic E-state index is 0.615. The number of fused-ring (bicyclic) bond motifs is 7. The summed E-state index contributed by atoms with van der Waals surface area (Å²) in [5.41, 5.74) is 6.90. The first-order valence-electron chi connectivity index (χ1n) is 16.4. The van der Waals surface area contributed by atoms with E-state index in [2.05, 4.69) is 127 Å². The SMILES string of the molecule is c1ccc(-c2ccc3cc(-c4nc(-c5ccc6oc7ccccc7c6c5)nc(-c5cc6ccccc6c6ccccc56)n4)ccc3c2)cc1. The molecule has 0 aliphatic carbocycles. The Bertz CT molecular complexity index is 2890. The van der Waals surface area contributed by atoms with Crippen molar-refractivity contribution < 1.29 is 4.42 Å². The molecule has 0 radical (unpaired) electrons. The summed E-state index contributed by atoms with van der Waals surface area (Å²) in [6, 6.07) is 57.0. The average molecular weight is 626 g/mol. The lowest BCUT2D eigenvalue weighted by Gasteiger charge is -2.13. The van der Waals surface area contributed by atoms with E-state index < -0.39 is 0 Å². The fourth-order valence-corrected chi connectivity index (χ4v) is 7.05. The number of furan rings is 1. The molecule has 8 aromatic carbocycles. The van der Waals surface area contributed by atoms with Gasteiger partial charge in [-0.1, -0.05) is 121 Å². The summed E-state index contributed by atoms with van der Waals surface area (Å²) < 4.78 is 6.14. The van der Waals surface area contributed by atoms with Gasteiger partial charge in [0.25, 0.3) is 0 Å². The molecule has 4 heteroatoms. The van der Waals surface area contributed by atoms with E-state index in [1.54, 1.807) is 0 Å². The first-order valence-corrected chi connectivity index (χ1v) is 16.4. The number of aromatic nitrogens is 3. The molecule has 0 saturated carbocycles. The minimum Gasteiger partial charge on any atom is -0.456 e. The third kappa shape index (κ3) is 4.65. The first-order chi connectivity index (χ1) is 24.2. The molecule has 2 aromatic heterocycles. The van der Waals surface area contributed by atoms with Crippen molar-refractivity contribution in [3.05, 3.63) is 164 Å². The van der Waals surface area contributed by atoms with E-state index in [1.165, 1.54) is 21.9 Å². The normalized spacial score (nSPS) is 11.7. The highest BCUT2D eigenvalue weighted by Crippen LogP contribution is 2.37. The summed E-state index contributed by atoms with van der Waals surface area (Å²) in [5.74, 6) is 1.88. The molecule has 10 aromatic rings. The van der Waals surface area contributed by atoms with Gasteiger partial charge in [-0.15, -0.1) is 0 Å². The smallest absolute Gasteiger partial charge is 0.164 e. The maximum absolute atomic E-state index is 6.14. The van der Waals surface area contributed by atoms with E-state index in [-0.39, 0.29) is 0 Å². The van der Waals surface area contributed by atoms with Crippen molar-refractivity contribution >= 4 is 54.3 Å². The van der Waals surface area contributed by atoms with E-state index >= 15 is 0 Å². The Morgan fingerprint density at radius 1 is 0.306 bits per heavy atom. The lowest BCUT2D eigenvalue weighted by molar-refractivity contribution is 0.669. The molecule has 0 spiro atoms. The lowest BCUT2D eigenvalue weighted by Crippen LogP contribution is -2.01. The number of benzene rings is 8. The first kappa shape index (κ1) is 27.5. The van der Waals surface area contributed by atoms with Crippen molar-refractivity contribution in [1.29, 1.82) is 0 Å². The number of rotatable bonds is 4. The van der Waals surface area contributed by atoms with E-state index in [0.717, 1.165) is 60.2 Å². The monoisotopic (exact) mass is 625 g/mol. The second-order valence-electron chi connectivity index (χ2n) is 12.4. The zero-order chi connectivity index (χ0) is 32.3. The van der Waals surface area contributed by atoms with Gasteiger partial charge in [-0.05, 0) is 85.9 Å². The van der Waals surface area contributed by atoms with Gasteiger partial charge >= 0.3 is 0 Å². The van der Waals surface area contributed by atoms with Crippen molar-refractivity contribution in [2.45, 2.75) is 0 Å². The van der Waals surface area contributed by atoms with E-state index in [9.17, 15) is 0 Å². The molecular weight excluding hydrogens is 599 g/mol. The second kappa shape index (κ2) is 11.0. The fourth-order valence-electron chi connectivity index (χ4n) is 7.05. The van der Waals surface area contributed by atoms with Crippen LogP contribution in [-0.4, -0.2) is 15.0 Å². The van der Waals surface area contributed by atoms with E-state index in [4.69, 9.17) is 19.4 Å². The van der Waals surface area contributed by atoms with Gasteiger partial charge in [-0.3, -0.25) is 0 Å². The quantitative estimate of drug-likeness (QED) is 0.183. The number of hydrogen-bond donors (Lipinski definition) is 0. The summed E-state index contributed by atoms with van der Waals surface area (Å²) in [6.45, 7) is 0. The third-order valence-corrected chi connectivity index (χ3v) is 9.48. The molecule has 10 rings (SSSR count). The van der Waals surface area contributed by atoms with Gasteiger partial charge in [-0.2, -0.15) is 0 Å². The Labute approximate surface area is 282 Å². The van der Waals surface area contributed by atoms with Crippen LogP contribution >= 0.6 is 0 Å². The van der Waals surface area contributed by atoms with Crippen LogP contribution in [0.1, 0.15) is 0 Å².